The van der Waals surface area contributed by atoms with Gasteiger partial charge in [0.15, 0.2) is 5.69 Å². The number of hydrogen-bond acceptors (Lipinski definition) is 1. The maximum Gasteiger partial charge on any atom is 0.415 e. The summed E-state index contributed by atoms with van der Waals surface area (Å²) in [5.74, 6) is 0. The molecular weight excluding hydrogens is 822 g/mol. The lowest BCUT2D eigenvalue weighted by atomic mass is 9.93. The number of benzene rings is 9. The van der Waals surface area contributed by atoms with E-state index in [2.05, 4.69) is 125 Å². The molecule has 66 heavy (non-hydrogen) atoms. The van der Waals surface area contributed by atoms with Crippen LogP contribution in [-0.2, 0) is 6.18 Å². The SMILES string of the molecule is [C-]#[N+]c1cc(C(F)(F)F)ccc1-c1ccc(-n2c3ccccc3c3cc(-c4ccccc4)ccc32)c(-c2ccc(C#N)cc2-n2c3ccccc3c3cc(-c4ccc(C)cc4C)ccc32)c1. The summed E-state index contributed by atoms with van der Waals surface area (Å²) in [7, 11) is 0. The van der Waals surface area contributed by atoms with E-state index < -0.39 is 11.7 Å². The lowest BCUT2D eigenvalue weighted by Crippen LogP contribution is -2.04. The number of halogens is 3. The molecule has 314 valence electrons. The van der Waals surface area contributed by atoms with Gasteiger partial charge < -0.3 is 9.13 Å². The third-order valence-electron chi connectivity index (χ3n) is 12.8. The zero-order valence-electron chi connectivity index (χ0n) is 35.8. The number of hydrogen-bond donors (Lipinski definition) is 0. The van der Waals surface area contributed by atoms with E-state index in [1.807, 2.05) is 78.9 Å². The van der Waals surface area contributed by atoms with Crippen molar-refractivity contribution in [2.24, 2.45) is 0 Å². The summed E-state index contributed by atoms with van der Waals surface area (Å²) in [6.07, 6.45) is -4.61. The molecule has 0 N–H and O–H groups in total. The second-order valence-corrected chi connectivity index (χ2v) is 16.8. The Labute approximate surface area is 379 Å². The molecule has 0 atom stereocenters. The molecule has 0 radical (unpaired) electrons. The van der Waals surface area contributed by atoms with Crippen molar-refractivity contribution in [3.8, 4) is 62.0 Å². The number of nitriles is 1. The van der Waals surface area contributed by atoms with Crippen LogP contribution in [0.25, 0.3) is 104 Å². The lowest BCUT2D eigenvalue weighted by Gasteiger charge is -2.20. The van der Waals surface area contributed by atoms with E-state index in [0.29, 0.717) is 16.7 Å². The van der Waals surface area contributed by atoms with Gasteiger partial charge in [0.2, 0.25) is 0 Å². The quantitative estimate of drug-likeness (QED) is 0.154. The minimum absolute atomic E-state index is 0.101. The highest BCUT2D eigenvalue weighted by atomic mass is 19.4. The molecule has 0 saturated heterocycles. The molecule has 0 amide bonds. The maximum atomic E-state index is 14.0. The van der Waals surface area contributed by atoms with Crippen molar-refractivity contribution in [3.05, 3.63) is 222 Å². The van der Waals surface area contributed by atoms with Crippen LogP contribution in [0.2, 0.25) is 0 Å². The maximum absolute atomic E-state index is 14.0. The van der Waals surface area contributed by atoms with Gasteiger partial charge >= 0.3 is 6.18 Å². The molecule has 11 rings (SSSR count). The Morgan fingerprint density at radius 2 is 1.05 bits per heavy atom. The Bertz CT molecular complexity index is 3860. The summed E-state index contributed by atoms with van der Waals surface area (Å²) < 4.78 is 46.4. The first kappa shape index (κ1) is 40.1. The number of alkyl halides is 3. The van der Waals surface area contributed by atoms with Gasteiger partial charge in [-0.1, -0.05) is 127 Å². The summed E-state index contributed by atoms with van der Waals surface area (Å²) in [6, 6.07) is 63.6. The van der Waals surface area contributed by atoms with Gasteiger partial charge in [-0.05, 0) is 120 Å². The molecule has 0 aliphatic rings. The summed E-state index contributed by atoms with van der Waals surface area (Å²) in [5.41, 5.74) is 14.2. The number of fused-ring (bicyclic) bond motifs is 6. The molecule has 0 aliphatic carbocycles. The van der Waals surface area contributed by atoms with Gasteiger partial charge in [0.1, 0.15) is 0 Å². The first-order valence-electron chi connectivity index (χ1n) is 21.6. The summed E-state index contributed by atoms with van der Waals surface area (Å²) in [6.45, 7) is 12.2. The monoisotopic (exact) mass is 858 g/mol. The summed E-state index contributed by atoms with van der Waals surface area (Å²) >= 11 is 0. The molecular formula is C59H37F3N4. The van der Waals surface area contributed by atoms with Crippen molar-refractivity contribution < 1.29 is 13.2 Å². The normalized spacial score (nSPS) is 11.7. The molecule has 7 heteroatoms. The fourth-order valence-electron chi connectivity index (χ4n) is 9.75. The summed E-state index contributed by atoms with van der Waals surface area (Å²) in [5, 5.41) is 14.7. The standard InChI is InChI=1S/C59H37F3N4/c1-36-17-23-44(37(2)29-36)41-20-27-57-50(32-41)47-14-8-10-16-54(47)66(57)58-30-38(35-63)18-24-48(58)51-33-42(45-25-22-43(59(60,61)62)34-52(45)64-3)21-28-56(51)65-53-15-9-7-13-46(53)49-31-40(19-26-55(49)65)39-11-5-4-6-12-39/h4-34H,1-2H3. The number of rotatable bonds is 6. The molecule has 0 bridgehead atoms. The van der Waals surface area contributed by atoms with Crippen molar-refractivity contribution in [2.75, 3.05) is 0 Å². The molecule has 0 fully saturated rings. The number of nitrogens with zero attached hydrogens (tertiary/aromatic N) is 4. The largest absolute Gasteiger partial charge is 0.415 e. The smallest absolute Gasteiger partial charge is 0.309 e. The molecule has 0 unspecified atom stereocenters. The Morgan fingerprint density at radius 1 is 0.470 bits per heavy atom. The molecule has 0 aliphatic heterocycles. The highest BCUT2D eigenvalue weighted by molar-refractivity contribution is 6.13. The van der Waals surface area contributed by atoms with Crippen LogP contribution in [-0.4, -0.2) is 9.13 Å². The molecule has 2 heterocycles. The Balaban J connectivity index is 1.22. The van der Waals surface area contributed by atoms with Gasteiger partial charge in [-0.25, -0.2) is 4.85 Å². The van der Waals surface area contributed by atoms with Crippen LogP contribution in [0.5, 0.6) is 0 Å². The number of para-hydroxylation sites is 2. The predicted octanol–water partition coefficient (Wildman–Crippen LogP) is 16.6. The van der Waals surface area contributed by atoms with E-state index in [4.69, 9.17) is 6.57 Å². The zero-order chi connectivity index (χ0) is 45.3. The molecule has 0 saturated carbocycles. The average molecular weight is 859 g/mol. The second-order valence-electron chi connectivity index (χ2n) is 16.8. The Hall–Kier alpha value is -8.65. The van der Waals surface area contributed by atoms with Crippen LogP contribution in [0.3, 0.4) is 0 Å². The van der Waals surface area contributed by atoms with E-state index in [1.165, 1.54) is 17.2 Å². The van der Waals surface area contributed by atoms with Crippen LogP contribution in [0.1, 0.15) is 22.3 Å². The van der Waals surface area contributed by atoms with E-state index in [9.17, 15) is 18.4 Å². The van der Waals surface area contributed by atoms with E-state index in [1.54, 1.807) is 0 Å². The van der Waals surface area contributed by atoms with Gasteiger partial charge in [-0.2, -0.15) is 18.4 Å². The topological polar surface area (TPSA) is 38.0 Å². The third-order valence-corrected chi connectivity index (χ3v) is 12.8. The van der Waals surface area contributed by atoms with Gasteiger partial charge in [-0.15, -0.1) is 0 Å². The molecule has 11 aromatic rings. The molecule has 2 aromatic heterocycles. The first-order valence-corrected chi connectivity index (χ1v) is 21.6. The second kappa shape index (κ2) is 15.6. The van der Waals surface area contributed by atoms with Crippen molar-refractivity contribution >= 4 is 49.3 Å². The number of aryl methyl sites for hydroxylation is 2. The van der Waals surface area contributed by atoms with Crippen LogP contribution in [0.15, 0.2) is 188 Å². The lowest BCUT2D eigenvalue weighted by molar-refractivity contribution is -0.137. The zero-order valence-corrected chi connectivity index (χ0v) is 35.8. The minimum atomic E-state index is -4.61. The summed E-state index contributed by atoms with van der Waals surface area (Å²) in [4.78, 5) is 3.60. The van der Waals surface area contributed by atoms with Gasteiger partial charge in [0.25, 0.3) is 0 Å². The van der Waals surface area contributed by atoms with E-state index in [0.717, 1.165) is 100 Å². The first-order chi connectivity index (χ1) is 32.1. The highest BCUT2D eigenvalue weighted by Gasteiger charge is 2.31. The Kier molecular flexibility index (Phi) is 9.46. The molecule has 9 aromatic carbocycles. The average Bonchev–Trinajstić information content (AvgIpc) is 3.85. The van der Waals surface area contributed by atoms with Crippen LogP contribution >= 0.6 is 0 Å². The Morgan fingerprint density at radius 3 is 1.71 bits per heavy atom. The third kappa shape index (κ3) is 6.60. The van der Waals surface area contributed by atoms with Crippen LogP contribution in [0.4, 0.5) is 18.9 Å². The van der Waals surface area contributed by atoms with Crippen molar-refractivity contribution in [2.45, 2.75) is 20.0 Å². The van der Waals surface area contributed by atoms with E-state index >= 15 is 0 Å². The van der Waals surface area contributed by atoms with Crippen LogP contribution < -0.4 is 0 Å². The van der Waals surface area contributed by atoms with Crippen LogP contribution in [0, 0.1) is 31.8 Å². The van der Waals surface area contributed by atoms with Gasteiger partial charge in [-0.3, -0.25) is 0 Å². The van der Waals surface area contributed by atoms with Crippen molar-refractivity contribution in [1.29, 1.82) is 5.26 Å². The molecule has 4 nitrogen and oxygen atoms in total. The van der Waals surface area contributed by atoms with Crippen molar-refractivity contribution in [3.63, 3.8) is 0 Å². The van der Waals surface area contributed by atoms with Gasteiger partial charge in [0.05, 0.1) is 51.6 Å². The highest BCUT2D eigenvalue weighted by Crippen LogP contribution is 2.45. The number of aromatic nitrogens is 2. The van der Waals surface area contributed by atoms with Crippen molar-refractivity contribution in [1.82, 2.24) is 9.13 Å². The minimum Gasteiger partial charge on any atom is -0.309 e. The molecule has 0 spiro atoms. The van der Waals surface area contributed by atoms with Gasteiger partial charge in [0, 0.05) is 38.2 Å². The fourth-order valence-corrected chi connectivity index (χ4v) is 9.75. The fraction of sp³-hybridized carbons (Fsp3) is 0.0508. The van der Waals surface area contributed by atoms with E-state index in [-0.39, 0.29) is 5.69 Å². The predicted molar refractivity (Wildman–Crippen MR) is 262 cm³/mol.